The van der Waals surface area contributed by atoms with Crippen LogP contribution >= 0.6 is 0 Å². The fraction of sp³-hybridized carbons (Fsp3) is 0.158. The van der Waals surface area contributed by atoms with Crippen LogP contribution in [0.15, 0.2) is 53.7 Å². The second-order valence-electron chi connectivity index (χ2n) is 6.31. The molecule has 0 aliphatic heterocycles. The van der Waals surface area contributed by atoms with Crippen molar-refractivity contribution in [3.05, 3.63) is 70.0 Å². The standard InChI is InChI=1S/C19H17N5O6S/c1-21-16-6-5-14(8-18(16)24(26)27)31(28,29)22-10-19(25)30-12-13-11-23-7-3-2-4-17(23)15(13)9-20/h2-8,11,21-22H,10,12H2,1H3. The van der Waals surface area contributed by atoms with Crippen molar-refractivity contribution < 1.29 is 22.9 Å². The molecule has 1 aromatic carbocycles. The summed E-state index contributed by atoms with van der Waals surface area (Å²) >= 11 is 0. The third kappa shape index (κ3) is 4.63. The molecule has 0 aliphatic rings. The van der Waals surface area contributed by atoms with Crippen LogP contribution in [0.2, 0.25) is 0 Å². The molecule has 11 nitrogen and oxygen atoms in total. The van der Waals surface area contributed by atoms with Crippen LogP contribution in [0, 0.1) is 21.4 Å². The summed E-state index contributed by atoms with van der Waals surface area (Å²) in [5, 5.41) is 23.1. The Morgan fingerprint density at radius 3 is 2.77 bits per heavy atom. The van der Waals surface area contributed by atoms with Gasteiger partial charge in [-0.15, -0.1) is 0 Å². The van der Waals surface area contributed by atoms with E-state index in [0.29, 0.717) is 16.6 Å². The summed E-state index contributed by atoms with van der Waals surface area (Å²) in [7, 11) is -2.72. The molecule has 0 atom stereocenters. The van der Waals surface area contributed by atoms with Crippen LogP contribution in [-0.4, -0.2) is 37.3 Å². The van der Waals surface area contributed by atoms with Crippen LogP contribution in [0.25, 0.3) is 5.52 Å². The highest BCUT2D eigenvalue weighted by Gasteiger charge is 2.22. The first-order valence-corrected chi connectivity index (χ1v) is 10.4. The number of ether oxygens (including phenoxy) is 1. The Bertz CT molecular complexity index is 1310. The number of nitro benzene ring substituents is 1. The van der Waals surface area contributed by atoms with Crippen molar-refractivity contribution in [2.45, 2.75) is 11.5 Å². The van der Waals surface area contributed by atoms with Crippen molar-refractivity contribution in [3.63, 3.8) is 0 Å². The minimum Gasteiger partial charge on any atom is -0.460 e. The number of esters is 1. The van der Waals surface area contributed by atoms with Crippen LogP contribution in [0.3, 0.4) is 0 Å². The fourth-order valence-corrected chi connectivity index (χ4v) is 3.89. The van der Waals surface area contributed by atoms with Gasteiger partial charge >= 0.3 is 5.97 Å². The van der Waals surface area contributed by atoms with Crippen molar-refractivity contribution >= 4 is 32.9 Å². The monoisotopic (exact) mass is 443 g/mol. The van der Waals surface area contributed by atoms with Gasteiger partial charge in [-0.1, -0.05) is 6.07 Å². The van der Waals surface area contributed by atoms with Gasteiger partial charge in [0.2, 0.25) is 10.0 Å². The van der Waals surface area contributed by atoms with Gasteiger partial charge in [0.1, 0.15) is 24.9 Å². The number of pyridine rings is 1. The number of carbonyl (C=O) groups excluding carboxylic acids is 1. The third-order valence-electron chi connectivity index (χ3n) is 4.41. The van der Waals surface area contributed by atoms with Crippen LogP contribution in [0.4, 0.5) is 11.4 Å². The molecular weight excluding hydrogens is 426 g/mol. The molecule has 3 aromatic rings. The quantitative estimate of drug-likeness (QED) is 0.303. The molecule has 2 N–H and O–H groups in total. The van der Waals surface area contributed by atoms with Gasteiger partial charge in [0.25, 0.3) is 5.69 Å². The molecule has 0 saturated carbocycles. The molecule has 0 radical (unpaired) electrons. The molecule has 2 aromatic heterocycles. The molecule has 3 rings (SSSR count). The van der Waals surface area contributed by atoms with E-state index in [0.717, 1.165) is 6.07 Å². The van der Waals surface area contributed by atoms with Crippen LogP contribution in [-0.2, 0) is 26.2 Å². The fourth-order valence-electron chi connectivity index (χ4n) is 2.90. The lowest BCUT2D eigenvalue weighted by atomic mass is 10.2. The van der Waals surface area contributed by atoms with E-state index in [1.165, 1.54) is 19.2 Å². The highest BCUT2D eigenvalue weighted by atomic mass is 32.2. The molecule has 0 unspecified atom stereocenters. The van der Waals surface area contributed by atoms with E-state index >= 15 is 0 Å². The van der Waals surface area contributed by atoms with Crippen molar-refractivity contribution in [2.24, 2.45) is 0 Å². The average molecular weight is 443 g/mol. The zero-order valence-electron chi connectivity index (χ0n) is 16.2. The number of nitrogens with one attached hydrogen (secondary N) is 2. The van der Waals surface area contributed by atoms with Gasteiger partial charge in [-0.25, -0.2) is 8.42 Å². The number of fused-ring (bicyclic) bond motifs is 1. The Morgan fingerprint density at radius 2 is 2.10 bits per heavy atom. The molecule has 31 heavy (non-hydrogen) atoms. The summed E-state index contributed by atoms with van der Waals surface area (Å²) in [6.45, 7) is -0.896. The van der Waals surface area contributed by atoms with E-state index in [9.17, 15) is 28.6 Å². The largest absolute Gasteiger partial charge is 0.460 e. The maximum Gasteiger partial charge on any atom is 0.321 e. The molecule has 0 bridgehead atoms. The lowest BCUT2D eigenvalue weighted by molar-refractivity contribution is -0.384. The number of nitriles is 1. The minimum atomic E-state index is -4.19. The van der Waals surface area contributed by atoms with Gasteiger partial charge in [-0.3, -0.25) is 14.9 Å². The number of nitrogens with zero attached hydrogens (tertiary/aromatic N) is 3. The first-order chi connectivity index (χ1) is 14.8. The highest BCUT2D eigenvalue weighted by Crippen LogP contribution is 2.27. The third-order valence-corrected chi connectivity index (χ3v) is 5.81. The molecule has 12 heteroatoms. The zero-order chi connectivity index (χ0) is 22.6. The smallest absolute Gasteiger partial charge is 0.321 e. The summed E-state index contributed by atoms with van der Waals surface area (Å²) in [6.07, 6.45) is 3.39. The number of anilines is 1. The second kappa shape index (κ2) is 8.82. The summed E-state index contributed by atoms with van der Waals surface area (Å²) in [5.74, 6) is -0.871. The van der Waals surface area contributed by atoms with E-state index in [4.69, 9.17) is 4.74 Å². The Labute approximate surface area is 177 Å². The minimum absolute atomic E-state index is 0.150. The number of sulfonamides is 1. The molecule has 0 saturated heterocycles. The number of hydrogen-bond acceptors (Lipinski definition) is 8. The first kappa shape index (κ1) is 21.8. The number of rotatable bonds is 8. The van der Waals surface area contributed by atoms with Crippen molar-refractivity contribution in [2.75, 3.05) is 18.9 Å². The Balaban J connectivity index is 1.66. The zero-order valence-corrected chi connectivity index (χ0v) is 17.0. The summed E-state index contributed by atoms with van der Waals surface area (Å²) < 4.78 is 33.6. The van der Waals surface area contributed by atoms with Crippen molar-refractivity contribution in [1.82, 2.24) is 9.12 Å². The molecular formula is C19H17N5O6S. The maximum atomic E-state index is 12.4. The molecule has 160 valence electrons. The predicted octanol–water partition coefficient (Wildman–Crippen LogP) is 1.78. The van der Waals surface area contributed by atoms with E-state index in [-0.39, 0.29) is 17.2 Å². The number of aromatic nitrogens is 1. The number of benzene rings is 1. The van der Waals surface area contributed by atoms with Crippen molar-refractivity contribution in [3.8, 4) is 6.07 Å². The summed E-state index contributed by atoms with van der Waals surface area (Å²) in [4.78, 5) is 22.1. The summed E-state index contributed by atoms with van der Waals surface area (Å²) in [5.41, 5.74) is 1.21. The lowest BCUT2D eigenvalue weighted by Gasteiger charge is -2.08. The van der Waals surface area contributed by atoms with Gasteiger partial charge < -0.3 is 14.5 Å². The van der Waals surface area contributed by atoms with Crippen LogP contribution in [0.1, 0.15) is 11.1 Å². The lowest BCUT2D eigenvalue weighted by Crippen LogP contribution is -2.30. The molecule has 0 fully saturated rings. The van der Waals surface area contributed by atoms with Crippen molar-refractivity contribution in [1.29, 1.82) is 5.26 Å². The van der Waals surface area contributed by atoms with Gasteiger partial charge in [0.15, 0.2) is 0 Å². The van der Waals surface area contributed by atoms with E-state index in [2.05, 4.69) is 16.1 Å². The van der Waals surface area contributed by atoms with Gasteiger partial charge in [0, 0.05) is 31.1 Å². The Hall–Kier alpha value is -3.95. The maximum absolute atomic E-state index is 12.4. The second-order valence-corrected chi connectivity index (χ2v) is 8.07. The SMILES string of the molecule is CNc1ccc(S(=O)(=O)NCC(=O)OCc2cn3ccccc3c2C#N)cc1[N+](=O)[O-]. The first-order valence-electron chi connectivity index (χ1n) is 8.87. The molecule has 0 aliphatic carbocycles. The van der Waals surface area contributed by atoms with Crippen LogP contribution < -0.4 is 10.0 Å². The summed E-state index contributed by atoms with van der Waals surface area (Å²) in [6, 6.07) is 10.7. The molecule has 2 heterocycles. The number of nitro groups is 1. The highest BCUT2D eigenvalue weighted by molar-refractivity contribution is 7.89. The van der Waals surface area contributed by atoms with E-state index < -0.39 is 33.1 Å². The predicted molar refractivity (Wildman–Crippen MR) is 110 cm³/mol. The Kier molecular flexibility index (Phi) is 6.19. The number of carbonyl (C=O) groups is 1. The van der Waals surface area contributed by atoms with E-state index in [1.54, 1.807) is 35.0 Å². The van der Waals surface area contributed by atoms with Gasteiger partial charge in [-0.05, 0) is 24.3 Å². The topological polar surface area (TPSA) is 156 Å². The molecule has 0 spiro atoms. The van der Waals surface area contributed by atoms with Crippen LogP contribution in [0.5, 0.6) is 0 Å². The normalized spacial score (nSPS) is 11.1. The average Bonchev–Trinajstić information content (AvgIpc) is 3.13. The Morgan fingerprint density at radius 1 is 1.32 bits per heavy atom. The van der Waals surface area contributed by atoms with Gasteiger partial charge in [0.05, 0.1) is 20.9 Å². The number of hydrogen-bond donors (Lipinski definition) is 2. The van der Waals surface area contributed by atoms with E-state index in [1.807, 2.05) is 0 Å². The molecule has 0 amide bonds. The van der Waals surface area contributed by atoms with Gasteiger partial charge in [-0.2, -0.15) is 9.98 Å².